The van der Waals surface area contributed by atoms with Crippen LogP contribution in [-0.2, 0) is 14.3 Å². The van der Waals surface area contributed by atoms with Gasteiger partial charge in [0.1, 0.15) is 11.5 Å². The van der Waals surface area contributed by atoms with Crippen molar-refractivity contribution in [2.75, 3.05) is 46.0 Å². The van der Waals surface area contributed by atoms with Gasteiger partial charge in [-0.15, -0.1) is 0 Å². The molecule has 2 aliphatic heterocycles. The van der Waals surface area contributed by atoms with E-state index < -0.39 is 17.7 Å². The number of hydrogen-bond acceptors (Lipinski definition) is 7. The van der Waals surface area contributed by atoms with Crippen LogP contribution in [0.4, 0.5) is 0 Å². The van der Waals surface area contributed by atoms with Gasteiger partial charge in [0.25, 0.3) is 11.7 Å². The number of carbonyl (C=O) groups is 2. The highest BCUT2D eigenvalue weighted by Gasteiger charge is 2.46. The molecule has 1 aromatic carbocycles. The van der Waals surface area contributed by atoms with Crippen LogP contribution >= 0.6 is 0 Å². The largest absolute Gasteiger partial charge is 0.507 e. The van der Waals surface area contributed by atoms with Crippen LogP contribution in [0.2, 0.25) is 0 Å². The fourth-order valence-electron chi connectivity index (χ4n) is 4.29. The minimum atomic E-state index is -0.709. The Hall–Kier alpha value is -3.23. The number of pyridine rings is 1. The second-order valence-electron chi connectivity index (χ2n) is 8.46. The highest BCUT2D eigenvalue weighted by Crippen LogP contribution is 2.39. The molecule has 8 heteroatoms. The molecule has 1 N–H and O–H groups in total. The molecule has 0 bridgehead atoms. The summed E-state index contributed by atoms with van der Waals surface area (Å²) in [5, 5.41) is 11.2. The molecule has 2 fully saturated rings. The Labute approximate surface area is 199 Å². The Balaban J connectivity index is 1.66. The average Bonchev–Trinajstić information content (AvgIpc) is 3.13. The topological polar surface area (TPSA) is 92.2 Å². The predicted molar refractivity (Wildman–Crippen MR) is 127 cm³/mol. The second-order valence-corrected chi connectivity index (χ2v) is 8.46. The number of amides is 1. The van der Waals surface area contributed by atoms with Gasteiger partial charge in [0, 0.05) is 44.1 Å². The summed E-state index contributed by atoms with van der Waals surface area (Å²) in [6.07, 6.45) is 5.21. The number of carbonyl (C=O) groups excluding carboxylic acids is 2. The number of aromatic nitrogens is 1. The summed E-state index contributed by atoms with van der Waals surface area (Å²) in [5.41, 5.74) is 1.19. The monoisotopic (exact) mass is 465 g/mol. The lowest BCUT2D eigenvalue weighted by Crippen LogP contribution is -2.42. The van der Waals surface area contributed by atoms with E-state index >= 15 is 0 Å². The Morgan fingerprint density at radius 2 is 2.00 bits per heavy atom. The zero-order valence-electron chi connectivity index (χ0n) is 19.5. The number of hydrogen-bond donors (Lipinski definition) is 1. The van der Waals surface area contributed by atoms with E-state index in [1.54, 1.807) is 41.6 Å². The first-order valence-electron chi connectivity index (χ1n) is 11.8. The Bertz CT molecular complexity index is 1030. The second kappa shape index (κ2) is 11.3. The molecule has 2 saturated heterocycles. The van der Waals surface area contributed by atoms with Gasteiger partial charge in [0.15, 0.2) is 0 Å². The van der Waals surface area contributed by atoms with Crippen molar-refractivity contribution >= 4 is 17.4 Å². The smallest absolute Gasteiger partial charge is 0.295 e. The van der Waals surface area contributed by atoms with E-state index in [9.17, 15) is 14.7 Å². The van der Waals surface area contributed by atoms with Gasteiger partial charge in [-0.05, 0) is 30.2 Å². The van der Waals surface area contributed by atoms with Crippen molar-refractivity contribution < 1.29 is 24.2 Å². The summed E-state index contributed by atoms with van der Waals surface area (Å²) >= 11 is 0. The van der Waals surface area contributed by atoms with Crippen LogP contribution in [0.25, 0.3) is 5.76 Å². The van der Waals surface area contributed by atoms with Gasteiger partial charge in [0.2, 0.25) is 0 Å². The summed E-state index contributed by atoms with van der Waals surface area (Å²) in [5.74, 6) is -0.899. The van der Waals surface area contributed by atoms with Gasteiger partial charge in [-0.2, -0.15) is 0 Å². The molecular weight excluding hydrogens is 434 g/mol. The van der Waals surface area contributed by atoms with Gasteiger partial charge in [0.05, 0.1) is 31.4 Å². The molecule has 34 heavy (non-hydrogen) atoms. The number of likely N-dealkylation sites (tertiary alicyclic amines) is 1. The molecular formula is C26H31N3O5. The number of ether oxygens (including phenoxy) is 2. The van der Waals surface area contributed by atoms with E-state index in [0.717, 1.165) is 25.9 Å². The van der Waals surface area contributed by atoms with Crippen molar-refractivity contribution in [1.29, 1.82) is 0 Å². The summed E-state index contributed by atoms with van der Waals surface area (Å²) < 4.78 is 11.2. The fraction of sp³-hybridized carbons (Fsp3) is 0.423. The summed E-state index contributed by atoms with van der Waals surface area (Å²) in [7, 11) is 0. The average molecular weight is 466 g/mol. The molecule has 1 atom stereocenters. The molecule has 0 spiro atoms. The molecule has 0 aliphatic carbocycles. The van der Waals surface area contributed by atoms with E-state index in [1.165, 1.54) is 0 Å². The maximum atomic E-state index is 13.2. The molecule has 180 valence electrons. The lowest BCUT2D eigenvalue weighted by Gasteiger charge is -2.30. The standard InChI is InChI=1S/C26H31N3O5/c1-2-3-14-34-21-8-4-6-19(17-21)24(30)22-23(20-7-5-9-27-18-20)29(26(32)25(22)31)11-10-28-12-15-33-16-13-28/h4-9,17-18,23,30H,2-3,10-16H2,1H3. The van der Waals surface area contributed by atoms with E-state index in [1.807, 2.05) is 12.1 Å². The predicted octanol–water partition coefficient (Wildman–Crippen LogP) is 3.01. The third-order valence-electron chi connectivity index (χ3n) is 6.18. The number of benzene rings is 1. The van der Waals surface area contributed by atoms with Crippen molar-refractivity contribution in [2.45, 2.75) is 25.8 Å². The summed E-state index contributed by atoms with van der Waals surface area (Å²) in [6.45, 7) is 6.52. The van der Waals surface area contributed by atoms with Crippen LogP contribution in [0.5, 0.6) is 5.75 Å². The first-order chi connectivity index (χ1) is 16.6. The van der Waals surface area contributed by atoms with Gasteiger partial charge in [-0.1, -0.05) is 31.5 Å². The number of ketones is 1. The van der Waals surface area contributed by atoms with Crippen LogP contribution in [0.15, 0.2) is 54.4 Å². The number of rotatable bonds is 9. The summed E-state index contributed by atoms with van der Waals surface area (Å²) in [4.78, 5) is 34.2. The number of aliphatic hydroxyl groups excluding tert-OH is 1. The molecule has 0 saturated carbocycles. The number of aliphatic hydroxyl groups is 1. The van der Waals surface area contributed by atoms with Gasteiger partial charge in [-0.3, -0.25) is 19.5 Å². The van der Waals surface area contributed by atoms with E-state index in [4.69, 9.17) is 9.47 Å². The first kappa shape index (κ1) is 23.9. The van der Waals surface area contributed by atoms with Crippen LogP contribution in [0, 0.1) is 0 Å². The highest BCUT2D eigenvalue weighted by molar-refractivity contribution is 6.46. The maximum absolute atomic E-state index is 13.2. The number of unbranched alkanes of at least 4 members (excludes halogenated alkanes) is 1. The van der Waals surface area contributed by atoms with Crippen molar-refractivity contribution in [3.8, 4) is 5.75 Å². The minimum absolute atomic E-state index is 0.0747. The molecule has 8 nitrogen and oxygen atoms in total. The SMILES string of the molecule is CCCCOc1cccc(C(O)=C2C(=O)C(=O)N(CCN3CCOCC3)C2c2cccnc2)c1. The fourth-order valence-corrected chi connectivity index (χ4v) is 4.29. The number of nitrogens with zero attached hydrogens (tertiary/aromatic N) is 3. The molecule has 3 heterocycles. The van der Waals surface area contributed by atoms with Gasteiger partial charge in [-0.25, -0.2) is 0 Å². The minimum Gasteiger partial charge on any atom is -0.507 e. The van der Waals surface area contributed by atoms with Crippen LogP contribution < -0.4 is 4.74 Å². The van der Waals surface area contributed by atoms with Crippen LogP contribution in [-0.4, -0.2) is 77.6 Å². The van der Waals surface area contributed by atoms with Gasteiger partial charge >= 0.3 is 0 Å². The molecule has 1 unspecified atom stereocenters. The molecule has 1 aromatic heterocycles. The van der Waals surface area contributed by atoms with E-state index in [2.05, 4.69) is 16.8 Å². The maximum Gasteiger partial charge on any atom is 0.295 e. The molecule has 2 aliphatic rings. The van der Waals surface area contributed by atoms with Gasteiger partial charge < -0.3 is 19.5 Å². The lowest BCUT2D eigenvalue weighted by molar-refractivity contribution is -0.140. The Morgan fingerprint density at radius 1 is 1.18 bits per heavy atom. The van der Waals surface area contributed by atoms with Crippen molar-refractivity contribution in [3.63, 3.8) is 0 Å². The van der Waals surface area contributed by atoms with Crippen molar-refractivity contribution in [1.82, 2.24) is 14.8 Å². The van der Waals surface area contributed by atoms with Crippen LogP contribution in [0.3, 0.4) is 0 Å². The zero-order chi connectivity index (χ0) is 23.9. The highest BCUT2D eigenvalue weighted by atomic mass is 16.5. The quantitative estimate of drug-likeness (QED) is 0.263. The zero-order valence-corrected chi connectivity index (χ0v) is 19.5. The van der Waals surface area contributed by atoms with E-state index in [-0.39, 0.29) is 11.3 Å². The molecule has 1 amide bonds. The molecule has 2 aromatic rings. The third kappa shape index (κ3) is 5.29. The van der Waals surface area contributed by atoms with Crippen molar-refractivity contribution in [2.24, 2.45) is 0 Å². The Kier molecular flexibility index (Phi) is 7.92. The third-order valence-corrected chi connectivity index (χ3v) is 6.18. The number of morpholine rings is 1. The van der Waals surface area contributed by atoms with Crippen molar-refractivity contribution in [3.05, 3.63) is 65.5 Å². The Morgan fingerprint density at radius 3 is 2.74 bits per heavy atom. The molecule has 4 rings (SSSR count). The summed E-state index contributed by atoms with van der Waals surface area (Å²) in [6, 6.07) is 9.87. The molecule has 0 radical (unpaired) electrons. The number of Topliss-reactive ketones (excluding diaryl/α,β-unsaturated/α-hetero) is 1. The van der Waals surface area contributed by atoms with Crippen LogP contribution in [0.1, 0.15) is 36.9 Å². The first-order valence-corrected chi connectivity index (χ1v) is 11.8. The normalized spacial score (nSPS) is 20.6. The van der Waals surface area contributed by atoms with E-state index in [0.29, 0.717) is 49.8 Å². The lowest BCUT2D eigenvalue weighted by atomic mass is 9.96.